The van der Waals surface area contributed by atoms with Gasteiger partial charge in [-0.25, -0.2) is 9.97 Å². The first kappa shape index (κ1) is 14.2. The lowest BCUT2D eigenvalue weighted by Crippen LogP contribution is -2.57. The van der Waals surface area contributed by atoms with Gasteiger partial charge in [0.1, 0.15) is 23.5 Å². The number of rotatable bonds is 3. The molecule has 0 radical (unpaired) electrons. The smallest absolute Gasteiger partial charge is 0.249 e. The van der Waals surface area contributed by atoms with E-state index in [4.69, 9.17) is 5.73 Å². The van der Waals surface area contributed by atoms with Crippen LogP contribution in [-0.2, 0) is 16.0 Å². The van der Waals surface area contributed by atoms with Crippen LogP contribution >= 0.6 is 0 Å². The molecule has 0 spiro atoms. The second kappa shape index (κ2) is 5.44. The third-order valence-electron chi connectivity index (χ3n) is 3.37. The van der Waals surface area contributed by atoms with E-state index in [0.29, 0.717) is 29.4 Å². The number of piperazine rings is 1. The summed E-state index contributed by atoms with van der Waals surface area (Å²) in [7, 11) is 0. The number of amides is 2. The molecule has 1 fully saturated rings. The van der Waals surface area contributed by atoms with Crippen molar-refractivity contribution in [3.8, 4) is 0 Å². The van der Waals surface area contributed by atoms with Crippen molar-refractivity contribution in [2.45, 2.75) is 39.7 Å². The lowest BCUT2D eigenvalue weighted by atomic mass is 10.1. The second-order valence-electron chi connectivity index (χ2n) is 4.94. The number of aryl methyl sites for hydroxylation is 1. The number of nitrogen functional groups attached to an aromatic ring is 1. The van der Waals surface area contributed by atoms with Crippen LogP contribution in [0.1, 0.15) is 31.7 Å². The lowest BCUT2D eigenvalue weighted by molar-refractivity contribution is -0.132. The van der Waals surface area contributed by atoms with Gasteiger partial charge in [0, 0.05) is 12.0 Å². The van der Waals surface area contributed by atoms with Crippen molar-refractivity contribution in [3.05, 3.63) is 11.4 Å². The number of aromatic nitrogens is 2. The molecule has 0 bridgehead atoms. The van der Waals surface area contributed by atoms with Crippen LogP contribution < -0.4 is 16.0 Å². The molecule has 1 saturated heterocycles. The van der Waals surface area contributed by atoms with Gasteiger partial charge in [0.2, 0.25) is 11.8 Å². The summed E-state index contributed by atoms with van der Waals surface area (Å²) in [5.41, 5.74) is 6.60. The maximum Gasteiger partial charge on any atom is 0.249 e. The molecule has 1 aliphatic heterocycles. The Hall–Kier alpha value is -2.18. The Bertz CT molecular complexity index is 558. The molecule has 20 heavy (non-hydrogen) atoms. The van der Waals surface area contributed by atoms with Crippen molar-refractivity contribution in [2.24, 2.45) is 0 Å². The SMILES string of the molecule is CCCc1nc(N)c(C)c(N2CC(=O)NC(=O)C2C)n1. The summed E-state index contributed by atoms with van der Waals surface area (Å²) in [5.74, 6) is 0.938. The van der Waals surface area contributed by atoms with Gasteiger partial charge in [-0.05, 0) is 20.3 Å². The quantitative estimate of drug-likeness (QED) is 0.764. The molecule has 7 heteroatoms. The maximum absolute atomic E-state index is 11.7. The number of carbonyl (C=O) groups excluding carboxylic acids is 2. The summed E-state index contributed by atoms with van der Waals surface area (Å²) in [6, 6.07) is -0.463. The monoisotopic (exact) mass is 277 g/mol. The van der Waals surface area contributed by atoms with Crippen molar-refractivity contribution in [2.75, 3.05) is 17.2 Å². The number of nitrogens with two attached hydrogens (primary N) is 1. The first-order chi connectivity index (χ1) is 9.43. The van der Waals surface area contributed by atoms with Gasteiger partial charge in [-0.2, -0.15) is 0 Å². The molecular weight excluding hydrogens is 258 g/mol. The summed E-state index contributed by atoms with van der Waals surface area (Å²) in [6.45, 7) is 5.65. The van der Waals surface area contributed by atoms with Gasteiger partial charge < -0.3 is 10.6 Å². The highest BCUT2D eigenvalue weighted by molar-refractivity contribution is 6.04. The molecule has 7 nitrogen and oxygen atoms in total. The summed E-state index contributed by atoms with van der Waals surface area (Å²) in [6.07, 6.45) is 1.61. The number of anilines is 2. The molecule has 108 valence electrons. The van der Waals surface area contributed by atoms with Gasteiger partial charge in [-0.15, -0.1) is 0 Å². The fraction of sp³-hybridized carbons (Fsp3) is 0.538. The van der Waals surface area contributed by atoms with E-state index in [9.17, 15) is 9.59 Å². The Morgan fingerprint density at radius 3 is 2.75 bits per heavy atom. The average molecular weight is 277 g/mol. The van der Waals surface area contributed by atoms with Gasteiger partial charge in [-0.1, -0.05) is 6.92 Å². The minimum atomic E-state index is -0.463. The third kappa shape index (κ3) is 2.56. The maximum atomic E-state index is 11.7. The fourth-order valence-corrected chi connectivity index (χ4v) is 2.16. The molecule has 0 saturated carbocycles. The van der Waals surface area contributed by atoms with Crippen LogP contribution in [0.5, 0.6) is 0 Å². The van der Waals surface area contributed by atoms with E-state index in [2.05, 4.69) is 15.3 Å². The summed E-state index contributed by atoms with van der Waals surface area (Å²) in [5, 5.41) is 2.31. The minimum Gasteiger partial charge on any atom is -0.383 e. The van der Waals surface area contributed by atoms with Crippen LogP contribution in [0.3, 0.4) is 0 Å². The van der Waals surface area contributed by atoms with Crippen molar-refractivity contribution < 1.29 is 9.59 Å². The van der Waals surface area contributed by atoms with Gasteiger partial charge in [-0.3, -0.25) is 14.9 Å². The van der Waals surface area contributed by atoms with E-state index in [1.54, 1.807) is 18.7 Å². The fourth-order valence-electron chi connectivity index (χ4n) is 2.16. The second-order valence-corrected chi connectivity index (χ2v) is 4.94. The van der Waals surface area contributed by atoms with Crippen LogP contribution in [-0.4, -0.2) is 34.4 Å². The van der Waals surface area contributed by atoms with Crippen LogP contribution in [0.2, 0.25) is 0 Å². The van der Waals surface area contributed by atoms with Gasteiger partial charge in [0.25, 0.3) is 0 Å². The Kier molecular flexibility index (Phi) is 3.87. The van der Waals surface area contributed by atoms with Gasteiger partial charge in [0.05, 0.1) is 6.54 Å². The minimum absolute atomic E-state index is 0.0930. The molecule has 3 N–H and O–H groups in total. The molecule has 0 aromatic carbocycles. The highest BCUT2D eigenvalue weighted by Gasteiger charge is 2.32. The molecule has 1 unspecified atom stereocenters. The van der Waals surface area contributed by atoms with E-state index in [1.807, 2.05) is 6.92 Å². The molecule has 2 amide bonds. The number of nitrogens with one attached hydrogen (secondary N) is 1. The summed E-state index contributed by atoms with van der Waals surface area (Å²) in [4.78, 5) is 33.7. The van der Waals surface area contributed by atoms with Gasteiger partial charge in [0.15, 0.2) is 0 Å². The molecule has 1 aliphatic rings. The van der Waals surface area contributed by atoms with E-state index < -0.39 is 6.04 Å². The number of carbonyl (C=O) groups is 2. The Balaban J connectivity index is 2.44. The first-order valence-corrected chi connectivity index (χ1v) is 6.67. The zero-order chi connectivity index (χ0) is 14.9. The average Bonchev–Trinajstić information content (AvgIpc) is 2.38. The van der Waals surface area contributed by atoms with Crippen LogP contribution in [0.25, 0.3) is 0 Å². The molecule has 2 heterocycles. The highest BCUT2D eigenvalue weighted by Crippen LogP contribution is 2.24. The third-order valence-corrected chi connectivity index (χ3v) is 3.37. The topological polar surface area (TPSA) is 101 Å². The van der Waals surface area contributed by atoms with Crippen LogP contribution in [0.15, 0.2) is 0 Å². The molecule has 2 rings (SSSR count). The van der Waals surface area contributed by atoms with Gasteiger partial charge >= 0.3 is 0 Å². The van der Waals surface area contributed by atoms with Crippen LogP contribution in [0, 0.1) is 6.92 Å². The molecule has 1 aromatic heterocycles. The molecule has 1 atom stereocenters. The van der Waals surface area contributed by atoms with E-state index in [1.165, 1.54) is 0 Å². The molecule has 0 aliphatic carbocycles. The Morgan fingerprint density at radius 2 is 2.10 bits per heavy atom. The predicted molar refractivity (Wildman–Crippen MR) is 75.1 cm³/mol. The number of hydrogen-bond acceptors (Lipinski definition) is 6. The predicted octanol–water partition coefficient (Wildman–Crippen LogP) is 0.171. The summed E-state index contributed by atoms with van der Waals surface area (Å²) < 4.78 is 0. The van der Waals surface area contributed by atoms with E-state index >= 15 is 0 Å². The van der Waals surface area contributed by atoms with Crippen LogP contribution in [0.4, 0.5) is 11.6 Å². The lowest BCUT2D eigenvalue weighted by Gasteiger charge is -2.33. The van der Waals surface area contributed by atoms with E-state index in [0.717, 1.165) is 6.42 Å². The molecule has 1 aromatic rings. The zero-order valence-electron chi connectivity index (χ0n) is 11.9. The number of imide groups is 1. The van der Waals surface area contributed by atoms with Crippen molar-refractivity contribution in [1.82, 2.24) is 15.3 Å². The van der Waals surface area contributed by atoms with Crippen molar-refractivity contribution >= 4 is 23.5 Å². The Morgan fingerprint density at radius 1 is 1.40 bits per heavy atom. The number of hydrogen-bond donors (Lipinski definition) is 2. The first-order valence-electron chi connectivity index (χ1n) is 6.67. The largest absolute Gasteiger partial charge is 0.383 e. The van der Waals surface area contributed by atoms with Crippen molar-refractivity contribution in [3.63, 3.8) is 0 Å². The standard InChI is InChI=1S/C13H19N5O2/c1-4-5-9-15-11(14)7(2)12(16-9)18-6-10(19)17-13(20)8(18)3/h8H,4-6H2,1-3H3,(H2,14,15,16)(H,17,19,20). The normalized spacial score (nSPS) is 19.1. The molecular formula is C13H19N5O2. The van der Waals surface area contributed by atoms with Crippen molar-refractivity contribution in [1.29, 1.82) is 0 Å². The summed E-state index contributed by atoms with van der Waals surface area (Å²) >= 11 is 0. The van der Waals surface area contributed by atoms with E-state index in [-0.39, 0.29) is 18.4 Å². The Labute approximate surface area is 117 Å². The highest BCUT2D eigenvalue weighted by atomic mass is 16.2. The zero-order valence-corrected chi connectivity index (χ0v) is 11.9. The number of nitrogens with zero attached hydrogens (tertiary/aromatic N) is 3.